The van der Waals surface area contributed by atoms with Crippen LogP contribution in [0.25, 0.3) is 0 Å². The Morgan fingerprint density at radius 2 is 1.81 bits per heavy atom. The number of rotatable bonds is 1. The average Bonchev–Trinajstić information content (AvgIpc) is 2.65. The molecule has 1 heterocycles. The summed E-state index contributed by atoms with van der Waals surface area (Å²) in [4.78, 5) is 13.4. The third-order valence-electron chi connectivity index (χ3n) is 1.96. The Labute approximate surface area is 95.4 Å². The maximum Gasteiger partial charge on any atom is 0.300 e. The van der Waals surface area contributed by atoms with E-state index in [1.807, 2.05) is 6.07 Å². The lowest BCUT2D eigenvalue weighted by Gasteiger charge is -2.17. The van der Waals surface area contributed by atoms with Gasteiger partial charge in [0.1, 0.15) is 0 Å². The van der Waals surface area contributed by atoms with E-state index in [0.717, 1.165) is 13.6 Å². The van der Waals surface area contributed by atoms with Crippen LogP contribution in [0.15, 0.2) is 42.7 Å². The standard InChI is InChI=1S/C10H12N2.C2H4O2/c1-11-7-8-12(9-11)10-5-3-2-4-6-10;1-2(3)4/h2-8H,9H2,1H3;1H3,(H,3,4). The summed E-state index contributed by atoms with van der Waals surface area (Å²) in [5.41, 5.74) is 1.25. The number of carboxylic acid groups (broad SMARTS) is 1. The zero-order valence-electron chi connectivity index (χ0n) is 9.50. The van der Waals surface area contributed by atoms with Crippen LogP contribution in [-0.2, 0) is 4.79 Å². The summed E-state index contributed by atoms with van der Waals surface area (Å²) in [6.07, 6.45) is 4.17. The fourth-order valence-electron chi connectivity index (χ4n) is 1.32. The molecule has 0 saturated heterocycles. The molecule has 1 aromatic carbocycles. The fourth-order valence-corrected chi connectivity index (χ4v) is 1.32. The number of benzene rings is 1. The van der Waals surface area contributed by atoms with Crippen molar-refractivity contribution in [2.45, 2.75) is 6.92 Å². The molecular formula is C12H16N2O2. The second-order valence-corrected chi connectivity index (χ2v) is 3.52. The number of carboxylic acids is 1. The molecule has 4 heteroatoms. The predicted octanol–water partition coefficient (Wildman–Crippen LogP) is 1.96. The first-order valence-electron chi connectivity index (χ1n) is 4.99. The van der Waals surface area contributed by atoms with E-state index in [9.17, 15) is 0 Å². The van der Waals surface area contributed by atoms with Gasteiger partial charge in [0.25, 0.3) is 5.97 Å². The monoisotopic (exact) mass is 220 g/mol. The molecule has 2 rings (SSSR count). The summed E-state index contributed by atoms with van der Waals surface area (Å²) in [6.45, 7) is 2.03. The summed E-state index contributed by atoms with van der Waals surface area (Å²) in [7, 11) is 2.07. The summed E-state index contributed by atoms with van der Waals surface area (Å²) >= 11 is 0. The lowest BCUT2D eigenvalue weighted by molar-refractivity contribution is -0.134. The first kappa shape index (κ1) is 12.1. The molecular weight excluding hydrogens is 204 g/mol. The van der Waals surface area contributed by atoms with Crippen molar-refractivity contribution in [1.82, 2.24) is 4.90 Å². The Morgan fingerprint density at radius 3 is 2.25 bits per heavy atom. The van der Waals surface area contributed by atoms with Gasteiger partial charge >= 0.3 is 0 Å². The summed E-state index contributed by atoms with van der Waals surface area (Å²) < 4.78 is 0. The SMILES string of the molecule is CC(=O)O.CN1C=CN(c2ccccc2)C1. The Hall–Kier alpha value is -1.97. The Kier molecular flexibility index (Phi) is 4.39. The molecule has 1 aromatic rings. The minimum absolute atomic E-state index is 0.833. The van der Waals surface area contributed by atoms with Crippen molar-refractivity contribution in [3.63, 3.8) is 0 Å². The molecule has 0 aromatic heterocycles. The zero-order chi connectivity index (χ0) is 12.0. The molecule has 0 fully saturated rings. The van der Waals surface area contributed by atoms with E-state index in [-0.39, 0.29) is 0 Å². The number of anilines is 1. The molecule has 0 bridgehead atoms. The Bertz CT molecular complexity index is 359. The highest BCUT2D eigenvalue weighted by atomic mass is 16.4. The van der Waals surface area contributed by atoms with Crippen LogP contribution in [-0.4, -0.2) is 29.7 Å². The van der Waals surface area contributed by atoms with Gasteiger partial charge < -0.3 is 14.9 Å². The highest BCUT2D eigenvalue weighted by molar-refractivity contribution is 5.62. The second-order valence-electron chi connectivity index (χ2n) is 3.52. The second kappa shape index (κ2) is 5.80. The van der Waals surface area contributed by atoms with E-state index < -0.39 is 5.97 Å². The molecule has 1 aliphatic rings. The quantitative estimate of drug-likeness (QED) is 0.785. The van der Waals surface area contributed by atoms with E-state index in [4.69, 9.17) is 9.90 Å². The first-order valence-corrected chi connectivity index (χ1v) is 4.99. The summed E-state index contributed by atoms with van der Waals surface area (Å²) in [5.74, 6) is -0.833. The van der Waals surface area contributed by atoms with Crippen LogP contribution < -0.4 is 4.90 Å². The maximum absolute atomic E-state index is 9.00. The number of hydrogen-bond donors (Lipinski definition) is 1. The molecule has 4 nitrogen and oxygen atoms in total. The number of carbonyl (C=O) groups is 1. The van der Waals surface area contributed by atoms with Gasteiger partial charge in [-0.05, 0) is 12.1 Å². The van der Waals surface area contributed by atoms with E-state index in [2.05, 4.69) is 53.5 Å². The van der Waals surface area contributed by atoms with Crippen molar-refractivity contribution in [2.75, 3.05) is 18.6 Å². The van der Waals surface area contributed by atoms with Crippen molar-refractivity contribution < 1.29 is 9.90 Å². The van der Waals surface area contributed by atoms with Crippen LogP contribution in [0.5, 0.6) is 0 Å². The lowest BCUT2D eigenvalue weighted by Crippen LogP contribution is -2.21. The topological polar surface area (TPSA) is 43.8 Å². The lowest BCUT2D eigenvalue weighted by atomic mass is 10.3. The van der Waals surface area contributed by atoms with Crippen molar-refractivity contribution in [3.05, 3.63) is 42.7 Å². The first-order chi connectivity index (χ1) is 7.59. The third-order valence-corrected chi connectivity index (χ3v) is 1.96. The molecule has 0 amide bonds. The molecule has 86 valence electrons. The zero-order valence-corrected chi connectivity index (χ0v) is 9.50. The van der Waals surface area contributed by atoms with Gasteiger partial charge in [-0.2, -0.15) is 0 Å². The van der Waals surface area contributed by atoms with Gasteiger partial charge in [-0.25, -0.2) is 0 Å². The highest BCUT2D eigenvalue weighted by Gasteiger charge is 2.08. The summed E-state index contributed by atoms with van der Waals surface area (Å²) in [5, 5.41) is 7.42. The van der Waals surface area contributed by atoms with Crippen molar-refractivity contribution in [3.8, 4) is 0 Å². The van der Waals surface area contributed by atoms with Gasteiger partial charge in [0.15, 0.2) is 0 Å². The van der Waals surface area contributed by atoms with E-state index in [0.29, 0.717) is 0 Å². The van der Waals surface area contributed by atoms with Crippen LogP contribution in [0.2, 0.25) is 0 Å². The minimum atomic E-state index is -0.833. The van der Waals surface area contributed by atoms with Crippen LogP contribution in [0.3, 0.4) is 0 Å². The maximum atomic E-state index is 9.00. The number of para-hydroxylation sites is 1. The molecule has 0 saturated carbocycles. The molecule has 16 heavy (non-hydrogen) atoms. The molecule has 0 atom stereocenters. The van der Waals surface area contributed by atoms with Gasteiger partial charge in [0.2, 0.25) is 0 Å². The van der Waals surface area contributed by atoms with E-state index in [1.54, 1.807) is 0 Å². The van der Waals surface area contributed by atoms with Crippen molar-refractivity contribution >= 4 is 11.7 Å². The van der Waals surface area contributed by atoms with Crippen molar-refractivity contribution in [1.29, 1.82) is 0 Å². The van der Waals surface area contributed by atoms with Crippen LogP contribution in [0.1, 0.15) is 6.92 Å². The fraction of sp³-hybridized carbons (Fsp3) is 0.250. The van der Waals surface area contributed by atoms with Gasteiger partial charge in [-0.3, -0.25) is 4.79 Å². The Balaban J connectivity index is 0.000000280. The molecule has 1 aliphatic heterocycles. The van der Waals surface area contributed by atoms with Gasteiger partial charge in [-0.1, -0.05) is 18.2 Å². The van der Waals surface area contributed by atoms with Gasteiger partial charge in [-0.15, -0.1) is 0 Å². The van der Waals surface area contributed by atoms with Crippen LogP contribution >= 0.6 is 0 Å². The van der Waals surface area contributed by atoms with E-state index in [1.165, 1.54) is 5.69 Å². The smallest absolute Gasteiger partial charge is 0.300 e. The number of hydrogen-bond acceptors (Lipinski definition) is 3. The predicted molar refractivity (Wildman–Crippen MR) is 64.0 cm³/mol. The molecule has 0 radical (unpaired) electrons. The molecule has 1 N–H and O–H groups in total. The normalized spacial score (nSPS) is 13.4. The molecule has 0 aliphatic carbocycles. The average molecular weight is 220 g/mol. The highest BCUT2D eigenvalue weighted by Crippen LogP contribution is 2.16. The summed E-state index contributed by atoms with van der Waals surface area (Å²) in [6, 6.07) is 10.4. The van der Waals surface area contributed by atoms with Crippen molar-refractivity contribution in [2.24, 2.45) is 0 Å². The molecule has 0 unspecified atom stereocenters. The van der Waals surface area contributed by atoms with E-state index >= 15 is 0 Å². The van der Waals surface area contributed by atoms with Gasteiger partial charge in [0, 0.05) is 32.1 Å². The minimum Gasteiger partial charge on any atom is -0.481 e. The van der Waals surface area contributed by atoms with Crippen LogP contribution in [0, 0.1) is 0 Å². The largest absolute Gasteiger partial charge is 0.481 e. The number of nitrogens with zero attached hydrogens (tertiary/aromatic N) is 2. The van der Waals surface area contributed by atoms with Crippen LogP contribution in [0.4, 0.5) is 5.69 Å². The molecule has 0 spiro atoms. The number of aliphatic carboxylic acids is 1. The van der Waals surface area contributed by atoms with Gasteiger partial charge in [0.05, 0.1) is 6.67 Å². The Morgan fingerprint density at radius 1 is 1.25 bits per heavy atom. The third kappa shape index (κ3) is 4.04.